The number of H-pyrrole nitrogens is 1. The van der Waals surface area contributed by atoms with Crippen LogP contribution >= 0.6 is 11.6 Å². The highest BCUT2D eigenvalue weighted by atomic mass is 35.5. The van der Waals surface area contributed by atoms with Gasteiger partial charge in [0, 0.05) is 25.7 Å². The zero-order valence-electron chi connectivity index (χ0n) is 23.5. The Bertz CT molecular complexity index is 1440. The lowest BCUT2D eigenvalue weighted by Crippen LogP contribution is -2.51. The minimum atomic E-state index is -0.729. The molecule has 11 nitrogen and oxygen atoms in total. The van der Waals surface area contributed by atoms with E-state index in [9.17, 15) is 19.2 Å². The summed E-state index contributed by atoms with van der Waals surface area (Å²) in [4.78, 5) is 60.6. The molecule has 0 unspecified atom stereocenters. The number of benzene rings is 1. The third-order valence-electron chi connectivity index (χ3n) is 7.33. The molecule has 41 heavy (non-hydrogen) atoms. The highest BCUT2D eigenvalue weighted by Gasteiger charge is 2.31. The second-order valence-electron chi connectivity index (χ2n) is 10.4. The number of amides is 3. The van der Waals surface area contributed by atoms with E-state index in [-0.39, 0.29) is 53.7 Å². The first-order valence-corrected chi connectivity index (χ1v) is 14.3. The van der Waals surface area contributed by atoms with Crippen molar-refractivity contribution in [2.24, 2.45) is 5.92 Å². The van der Waals surface area contributed by atoms with Gasteiger partial charge >= 0.3 is 0 Å². The lowest BCUT2D eigenvalue weighted by atomic mass is 9.97. The van der Waals surface area contributed by atoms with Crippen LogP contribution < -0.4 is 16.2 Å². The van der Waals surface area contributed by atoms with Crippen LogP contribution in [0.25, 0.3) is 0 Å². The number of hydrogen-bond donors (Lipinski definition) is 3. The first-order valence-electron chi connectivity index (χ1n) is 13.9. The summed E-state index contributed by atoms with van der Waals surface area (Å²) in [5.74, 6) is 0.122. The van der Waals surface area contributed by atoms with E-state index in [1.807, 2.05) is 44.2 Å². The van der Waals surface area contributed by atoms with Gasteiger partial charge < -0.3 is 20.5 Å². The quantitative estimate of drug-likeness (QED) is 0.423. The van der Waals surface area contributed by atoms with Gasteiger partial charge in [0.2, 0.25) is 11.8 Å². The van der Waals surface area contributed by atoms with Crippen LogP contribution in [0.4, 0.5) is 0 Å². The number of nitrogens with one attached hydrogen (secondary N) is 3. The van der Waals surface area contributed by atoms with Gasteiger partial charge in [0.05, 0.1) is 18.2 Å². The third-order valence-corrected chi connectivity index (χ3v) is 7.62. The Hall–Kier alpha value is -3.99. The molecule has 0 aliphatic carbocycles. The second kappa shape index (κ2) is 13.6. The number of fused-ring (bicyclic) bond motifs is 1. The maximum Gasteiger partial charge on any atom is 0.266 e. The maximum atomic E-state index is 13.6. The fourth-order valence-corrected chi connectivity index (χ4v) is 5.05. The number of carbonyl (C=O) groups is 3. The van der Waals surface area contributed by atoms with Crippen LogP contribution in [0.15, 0.2) is 47.4 Å². The van der Waals surface area contributed by atoms with E-state index in [0.29, 0.717) is 37.5 Å². The van der Waals surface area contributed by atoms with E-state index < -0.39 is 17.6 Å². The van der Waals surface area contributed by atoms with Gasteiger partial charge in [-0.15, -0.1) is 0 Å². The monoisotopic (exact) mass is 581 g/mol. The maximum absolute atomic E-state index is 13.6. The summed E-state index contributed by atoms with van der Waals surface area (Å²) in [6, 6.07) is 9.84. The van der Waals surface area contributed by atoms with Crippen molar-refractivity contribution in [2.75, 3.05) is 13.1 Å². The summed E-state index contributed by atoms with van der Waals surface area (Å²) in [5, 5.41) is 10.6. The molecule has 0 saturated heterocycles. The van der Waals surface area contributed by atoms with Gasteiger partial charge in [-0.05, 0) is 37.3 Å². The molecule has 0 radical (unpaired) electrons. The van der Waals surface area contributed by atoms with Crippen molar-refractivity contribution >= 4 is 29.3 Å². The third kappa shape index (κ3) is 7.60. The Morgan fingerprint density at radius 2 is 1.88 bits per heavy atom. The Morgan fingerprint density at radius 3 is 2.59 bits per heavy atom. The van der Waals surface area contributed by atoms with Gasteiger partial charge in [-0.1, -0.05) is 62.2 Å². The highest BCUT2D eigenvalue weighted by molar-refractivity contribution is 6.30. The number of aromatic nitrogens is 4. The van der Waals surface area contributed by atoms with E-state index in [2.05, 4.69) is 25.7 Å². The van der Waals surface area contributed by atoms with Gasteiger partial charge in [-0.3, -0.25) is 19.2 Å². The van der Waals surface area contributed by atoms with Crippen LogP contribution in [0.1, 0.15) is 66.7 Å². The molecular formula is C29H36ClN7O4. The van der Waals surface area contributed by atoms with Crippen LogP contribution in [-0.4, -0.2) is 61.5 Å². The lowest BCUT2D eigenvalue weighted by Gasteiger charge is -2.28. The zero-order chi connectivity index (χ0) is 29.5. The number of hydrogen-bond acceptors (Lipinski definition) is 6. The van der Waals surface area contributed by atoms with E-state index in [1.54, 1.807) is 16.5 Å². The summed E-state index contributed by atoms with van der Waals surface area (Å²) in [5.41, 5.74) is 0.759. The summed E-state index contributed by atoms with van der Waals surface area (Å²) >= 11 is 5.99. The molecule has 1 aliphatic heterocycles. The van der Waals surface area contributed by atoms with Crippen LogP contribution in [0.5, 0.6) is 0 Å². The largest absolute Gasteiger partial charge is 0.344 e. The Labute approximate surface area is 243 Å². The van der Waals surface area contributed by atoms with E-state index >= 15 is 0 Å². The molecule has 3 atom stereocenters. The topological polar surface area (TPSA) is 142 Å². The van der Waals surface area contributed by atoms with Crippen molar-refractivity contribution in [1.82, 2.24) is 35.3 Å². The average molecular weight is 582 g/mol. The van der Waals surface area contributed by atoms with Crippen LogP contribution in [0, 0.1) is 12.8 Å². The number of aromatic amines is 1. The Balaban J connectivity index is 1.71. The smallest absolute Gasteiger partial charge is 0.266 e. The van der Waals surface area contributed by atoms with E-state index in [0.717, 1.165) is 5.56 Å². The number of carbonyl (C=O) groups excluding carboxylic acids is 3. The molecule has 3 heterocycles. The van der Waals surface area contributed by atoms with Gasteiger partial charge in [-0.2, -0.15) is 5.10 Å². The fourth-order valence-electron chi connectivity index (χ4n) is 4.88. The van der Waals surface area contributed by atoms with Crippen molar-refractivity contribution in [2.45, 2.75) is 65.1 Å². The summed E-state index contributed by atoms with van der Waals surface area (Å²) in [6.07, 6.45) is 3.01. The second-order valence-corrected chi connectivity index (χ2v) is 10.8. The minimum absolute atomic E-state index is 0.0814. The molecule has 3 aromatic rings. The van der Waals surface area contributed by atoms with Crippen molar-refractivity contribution in [3.8, 4) is 0 Å². The molecule has 218 valence electrons. The first kappa shape index (κ1) is 30.0. The van der Waals surface area contributed by atoms with Crippen molar-refractivity contribution in [3.05, 3.63) is 80.7 Å². The first-order chi connectivity index (χ1) is 19.7. The molecule has 0 spiro atoms. The SMILES string of the molecule is CC[C@H](C)[C@@H]1NC(=O)CCCN(C(=O)c2c[nH]c(=O)c(Cl)c2)CCn2nc(C)nc2[C@H](Cc2ccccc2)NC1=O. The minimum Gasteiger partial charge on any atom is -0.344 e. The summed E-state index contributed by atoms with van der Waals surface area (Å²) < 4.78 is 1.73. The van der Waals surface area contributed by atoms with Crippen LogP contribution in [0.3, 0.4) is 0 Å². The van der Waals surface area contributed by atoms with E-state index in [4.69, 9.17) is 11.6 Å². The van der Waals surface area contributed by atoms with Gasteiger partial charge in [0.1, 0.15) is 22.7 Å². The highest BCUT2D eigenvalue weighted by Crippen LogP contribution is 2.20. The Morgan fingerprint density at radius 1 is 1.12 bits per heavy atom. The molecule has 2 aromatic heterocycles. The number of rotatable bonds is 5. The standard InChI is InChI=1S/C29H36ClN7O4/c1-4-18(2)25-28(40)33-23(15-20-9-6-5-7-10-20)26-32-19(3)35-37(26)14-13-36(12-8-11-24(38)34-25)29(41)21-16-22(30)27(39)31-17-21/h5-7,9-10,16-18,23,25H,4,8,11-15H2,1-3H3,(H,31,39)(H,33,40)(H,34,38)/t18-,23-,25-/m0/s1. The number of nitrogens with zero attached hydrogens (tertiary/aromatic N) is 4. The van der Waals surface area contributed by atoms with Crippen molar-refractivity contribution in [1.29, 1.82) is 0 Å². The van der Waals surface area contributed by atoms with Gasteiger partial charge in [0.25, 0.3) is 11.5 Å². The number of pyridine rings is 1. The Kier molecular flexibility index (Phi) is 9.93. The predicted octanol–water partition coefficient (Wildman–Crippen LogP) is 2.80. The molecule has 3 N–H and O–H groups in total. The molecule has 1 aromatic carbocycles. The molecular weight excluding hydrogens is 546 g/mol. The summed E-state index contributed by atoms with van der Waals surface area (Å²) in [6.45, 7) is 6.53. The van der Waals surface area contributed by atoms with E-state index in [1.165, 1.54) is 12.3 Å². The number of aryl methyl sites for hydroxylation is 1. The molecule has 0 bridgehead atoms. The normalized spacial score (nSPS) is 19.5. The molecule has 0 saturated carbocycles. The molecule has 3 amide bonds. The van der Waals surface area contributed by atoms with Gasteiger partial charge in [-0.25, -0.2) is 9.67 Å². The average Bonchev–Trinajstić information content (AvgIpc) is 3.34. The summed E-state index contributed by atoms with van der Waals surface area (Å²) in [7, 11) is 0. The lowest BCUT2D eigenvalue weighted by molar-refractivity contribution is -0.130. The molecule has 0 fully saturated rings. The van der Waals surface area contributed by atoms with Crippen LogP contribution in [0.2, 0.25) is 5.02 Å². The fraction of sp³-hybridized carbons (Fsp3) is 0.448. The van der Waals surface area contributed by atoms with Gasteiger partial charge in [0.15, 0.2) is 0 Å². The predicted molar refractivity (Wildman–Crippen MR) is 154 cm³/mol. The van der Waals surface area contributed by atoms with Crippen molar-refractivity contribution in [3.63, 3.8) is 0 Å². The molecule has 4 rings (SSSR count). The van der Waals surface area contributed by atoms with Crippen LogP contribution in [-0.2, 0) is 22.6 Å². The number of halogens is 1. The van der Waals surface area contributed by atoms with Crippen molar-refractivity contribution < 1.29 is 14.4 Å². The molecule has 1 aliphatic rings. The molecule has 12 heteroatoms. The zero-order valence-corrected chi connectivity index (χ0v) is 24.3.